The quantitative estimate of drug-likeness (QED) is 0.162. The van der Waals surface area contributed by atoms with Crippen molar-refractivity contribution in [3.05, 3.63) is 224 Å². The molecule has 0 aliphatic carbocycles. The van der Waals surface area contributed by atoms with Crippen LogP contribution in [0.3, 0.4) is 0 Å². The number of fused-ring (bicyclic) bond motifs is 2. The molecule has 2 heterocycles. The van der Waals surface area contributed by atoms with Crippen LogP contribution >= 0.6 is 0 Å². The van der Waals surface area contributed by atoms with E-state index in [1.807, 2.05) is 12.3 Å². The summed E-state index contributed by atoms with van der Waals surface area (Å²) in [6, 6.07) is 73.7. The average molecular weight is 744 g/mol. The number of hydrogen-bond donors (Lipinski definition) is 0. The van der Waals surface area contributed by atoms with Gasteiger partial charge in [-0.15, -0.1) is 0 Å². The van der Waals surface area contributed by atoms with Gasteiger partial charge in [-0.05, 0) is 74.3 Å². The van der Waals surface area contributed by atoms with Crippen LogP contribution in [0.1, 0.15) is 25.0 Å². The van der Waals surface area contributed by atoms with Crippen LogP contribution in [0.5, 0.6) is 11.5 Å². The van der Waals surface area contributed by atoms with Crippen molar-refractivity contribution >= 4 is 0 Å². The van der Waals surface area contributed by atoms with Gasteiger partial charge in [-0.3, -0.25) is 4.98 Å². The summed E-state index contributed by atoms with van der Waals surface area (Å²) in [5.41, 5.74) is 17.7. The van der Waals surface area contributed by atoms with Gasteiger partial charge in [-0.1, -0.05) is 196 Å². The average Bonchev–Trinajstić information content (AvgIpc) is 3.29. The minimum absolute atomic E-state index is 0.228. The van der Waals surface area contributed by atoms with Crippen LogP contribution in [-0.2, 0) is 5.41 Å². The van der Waals surface area contributed by atoms with Crippen molar-refractivity contribution in [2.45, 2.75) is 19.3 Å². The van der Waals surface area contributed by atoms with Crippen molar-refractivity contribution in [1.82, 2.24) is 4.98 Å². The fraction of sp³-hybridized carbons (Fsp3) is 0.0536. The molecule has 1 aliphatic rings. The lowest BCUT2D eigenvalue weighted by Gasteiger charge is -2.35. The molecule has 276 valence electrons. The van der Waals surface area contributed by atoms with Gasteiger partial charge in [0.2, 0.25) is 0 Å². The predicted octanol–water partition coefficient (Wildman–Crippen LogP) is 15.2. The molecule has 8 aromatic carbocycles. The van der Waals surface area contributed by atoms with Crippen LogP contribution in [0.15, 0.2) is 212 Å². The molecular weight excluding hydrogens is 703 g/mol. The Morgan fingerprint density at radius 1 is 0.362 bits per heavy atom. The first-order valence-electron chi connectivity index (χ1n) is 20.0. The van der Waals surface area contributed by atoms with Crippen LogP contribution < -0.4 is 4.74 Å². The van der Waals surface area contributed by atoms with E-state index in [9.17, 15) is 0 Å². The van der Waals surface area contributed by atoms with Gasteiger partial charge in [0.05, 0.1) is 5.69 Å². The highest BCUT2D eigenvalue weighted by Gasteiger charge is 2.36. The molecule has 0 saturated carbocycles. The van der Waals surface area contributed by atoms with Crippen LogP contribution in [0.4, 0.5) is 0 Å². The number of aromatic nitrogens is 1. The molecule has 10 rings (SSSR count). The third-order valence-electron chi connectivity index (χ3n) is 11.6. The monoisotopic (exact) mass is 743 g/mol. The Labute approximate surface area is 340 Å². The second-order valence-electron chi connectivity index (χ2n) is 15.4. The Hall–Kier alpha value is -7.29. The first kappa shape index (κ1) is 35.1. The molecule has 0 bridgehead atoms. The molecule has 0 saturated heterocycles. The lowest BCUT2D eigenvalue weighted by atomic mass is 9.74. The number of ether oxygens (including phenoxy) is 1. The summed E-state index contributed by atoms with van der Waals surface area (Å²) in [5.74, 6) is 1.82. The first-order valence-corrected chi connectivity index (χ1v) is 20.0. The van der Waals surface area contributed by atoms with Crippen LogP contribution in [-0.4, -0.2) is 4.98 Å². The Kier molecular flexibility index (Phi) is 8.88. The standard InChI is InChI=1S/C56H41NO/c1-56(2)45-32-15-16-35-48(45)58-55-44(31-20-33-46(55)56)42-29-19-30-43(37-42)53-50(39-23-9-4-10-24-39)49(38-21-7-3-8-22-38)51(40-25-11-5-12-26-40)54(47-34-17-18-36-57-47)52(53)41-27-13-6-14-28-41/h3-37H,1-2H3. The van der Waals surface area contributed by atoms with Gasteiger partial charge in [0.25, 0.3) is 0 Å². The third-order valence-corrected chi connectivity index (χ3v) is 11.6. The van der Waals surface area contributed by atoms with Crippen LogP contribution in [0, 0.1) is 0 Å². The zero-order chi connectivity index (χ0) is 39.1. The molecule has 58 heavy (non-hydrogen) atoms. The van der Waals surface area contributed by atoms with Crippen molar-refractivity contribution in [1.29, 1.82) is 0 Å². The fourth-order valence-corrected chi connectivity index (χ4v) is 8.92. The van der Waals surface area contributed by atoms with Gasteiger partial charge in [-0.25, -0.2) is 0 Å². The molecule has 1 aliphatic heterocycles. The second-order valence-corrected chi connectivity index (χ2v) is 15.4. The normalized spacial score (nSPS) is 12.6. The molecule has 0 atom stereocenters. The lowest BCUT2D eigenvalue weighted by molar-refractivity contribution is 0.419. The minimum atomic E-state index is -0.228. The molecule has 0 amide bonds. The van der Waals surface area contributed by atoms with Gasteiger partial charge in [-0.2, -0.15) is 0 Å². The summed E-state index contributed by atoms with van der Waals surface area (Å²) < 4.78 is 6.84. The largest absolute Gasteiger partial charge is 0.456 e. The van der Waals surface area contributed by atoms with Gasteiger partial charge in [0, 0.05) is 45.0 Å². The Bertz CT molecular complexity index is 2800. The summed E-state index contributed by atoms with van der Waals surface area (Å²) in [5, 5.41) is 0. The van der Waals surface area contributed by atoms with Crippen molar-refractivity contribution in [2.75, 3.05) is 0 Å². The summed E-state index contributed by atoms with van der Waals surface area (Å²) in [6.45, 7) is 4.59. The lowest BCUT2D eigenvalue weighted by Crippen LogP contribution is -2.24. The Morgan fingerprint density at radius 2 is 0.793 bits per heavy atom. The molecule has 0 spiro atoms. The van der Waals surface area contributed by atoms with E-state index >= 15 is 0 Å². The smallest absolute Gasteiger partial charge is 0.139 e. The van der Waals surface area contributed by atoms with E-state index in [1.54, 1.807) is 0 Å². The SMILES string of the molecule is CC1(C)c2ccccc2Oc2c(-c3cccc(-c4c(-c5ccccc5)c(-c5ccccc5)c(-c5ccccc5)c(-c5ccccn5)c4-c4ccccc4)c3)cccc21. The van der Waals surface area contributed by atoms with E-state index in [0.29, 0.717) is 0 Å². The third kappa shape index (κ3) is 6.02. The molecule has 1 aromatic heterocycles. The Morgan fingerprint density at radius 3 is 1.34 bits per heavy atom. The highest BCUT2D eigenvalue weighted by Crippen LogP contribution is 2.56. The van der Waals surface area contributed by atoms with Gasteiger partial charge < -0.3 is 4.74 Å². The number of hydrogen-bond acceptors (Lipinski definition) is 2. The molecule has 2 heteroatoms. The zero-order valence-electron chi connectivity index (χ0n) is 32.6. The van der Waals surface area contributed by atoms with Crippen LogP contribution in [0.2, 0.25) is 0 Å². The summed E-state index contributed by atoms with van der Waals surface area (Å²) >= 11 is 0. The van der Waals surface area contributed by atoms with Crippen molar-refractivity contribution in [3.8, 4) is 89.5 Å². The highest BCUT2D eigenvalue weighted by molar-refractivity contribution is 6.14. The van der Waals surface area contributed by atoms with E-state index in [-0.39, 0.29) is 5.41 Å². The number of para-hydroxylation sites is 2. The highest BCUT2D eigenvalue weighted by atomic mass is 16.5. The molecule has 0 unspecified atom stereocenters. The summed E-state index contributed by atoms with van der Waals surface area (Å²) in [6.07, 6.45) is 1.91. The van der Waals surface area contributed by atoms with E-state index in [2.05, 4.69) is 214 Å². The van der Waals surface area contributed by atoms with E-state index < -0.39 is 0 Å². The second kappa shape index (κ2) is 14.7. The molecular formula is C56H41NO. The van der Waals surface area contributed by atoms with Crippen molar-refractivity contribution in [2.24, 2.45) is 0 Å². The van der Waals surface area contributed by atoms with Gasteiger partial charge >= 0.3 is 0 Å². The molecule has 0 fully saturated rings. The maximum absolute atomic E-state index is 6.84. The topological polar surface area (TPSA) is 22.1 Å². The first-order chi connectivity index (χ1) is 28.6. The zero-order valence-corrected chi connectivity index (χ0v) is 32.6. The number of nitrogens with zero attached hydrogens (tertiary/aromatic N) is 1. The number of pyridine rings is 1. The maximum Gasteiger partial charge on any atom is 0.139 e. The van der Waals surface area contributed by atoms with E-state index in [0.717, 1.165) is 84.0 Å². The number of benzene rings is 8. The molecule has 9 aromatic rings. The Balaban J connectivity index is 1.36. The molecule has 0 N–H and O–H groups in total. The minimum Gasteiger partial charge on any atom is -0.456 e. The van der Waals surface area contributed by atoms with Crippen molar-refractivity contribution in [3.63, 3.8) is 0 Å². The van der Waals surface area contributed by atoms with Gasteiger partial charge in [0.15, 0.2) is 0 Å². The van der Waals surface area contributed by atoms with Crippen molar-refractivity contribution < 1.29 is 4.74 Å². The number of rotatable bonds is 7. The molecule has 2 nitrogen and oxygen atoms in total. The van der Waals surface area contributed by atoms with E-state index in [1.165, 1.54) is 16.7 Å². The summed E-state index contributed by atoms with van der Waals surface area (Å²) in [4.78, 5) is 5.12. The van der Waals surface area contributed by atoms with Gasteiger partial charge in [0.1, 0.15) is 11.5 Å². The summed E-state index contributed by atoms with van der Waals surface area (Å²) in [7, 11) is 0. The maximum atomic E-state index is 6.84. The predicted molar refractivity (Wildman–Crippen MR) is 241 cm³/mol. The molecule has 0 radical (unpaired) electrons. The van der Waals surface area contributed by atoms with E-state index in [4.69, 9.17) is 9.72 Å². The van der Waals surface area contributed by atoms with Crippen LogP contribution in [0.25, 0.3) is 78.0 Å². The fourth-order valence-electron chi connectivity index (χ4n) is 8.92.